The summed E-state index contributed by atoms with van der Waals surface area (Å²) in [5.74, 6) is 4.92. The topological polar surface area (TPSA) is 283 Å². The van der Waals surface area contributed by atoms with Gasteiger partial charge in [-0.3, -0.25) is 0 Å². The Kier molecular flexibility index (Phi) is 38.3. The summed E-state index contributed by atoms with van der Waals surface area (Å²) in [6.45, 7) is 69.7. The summed E-state index contributed by atoms with van der Waals surface area (Å²) in [6, 6.07) is 51.8. The molecule has 0 aliphatic heterocycles. The number of aliphatic hydroxyl groups is 1. The van der Waals surface area contributed by atoms with Gasteiger partial charge in [-0.2, -0.15) is 0 Å². The van der Waals surface area contributed by atoms with Crippen molar-refractivity contribution in [2.24, 2.45) is 5.92 Å². The predicted octanol–water partition coefficient (Wildman–Crippen LogP) is 30.3. The Morgan fingerprint density at radius 1 is 0.217 bits per heavy atom. The lowest BCUT2D eigenvalue weighted by Crippen LogP contribution is -2.17. The largest absolute Gasteiger partial charge is 0.507 e. The molecule has 0 radical (unpaired) electrons. The van der Waals surface area contributed by atoms with Crippen LogP contribution in [0.4, 0.5) is 0 Å². The van der Waals surface area contributed by atoms with Gasteiger partial charge in [-0.15, -0.1) is 0 Å². The first-order valence-corrected chi connectivity index (χ1v) is 48.1. The highest BCUT2D eigenvalue weighted by atomic mass is 16.3. The zero-order chi connectivity index (χ0) is 104. The molecule has 14 nitrogen and oxygen atoms in total. The van der Waals surface area contributed by atoms with Crippen LogP contribution in [-0.4, -0.2) is 71.5 Å². The minimum atomic E-state index is -0.130. The molecule has 138 heavy (non-hydrogen) atoms. The number of rotatable bonds is 15. The highest BCUT2D eigenvalue weighted by Crippen LogP contribution is 2.48. The van der Waals surface area contributed by atoms with Gasteiger partial charge in [0.25, 0.3) is 0 Å². The van der Waals surface area contributed by atoms with E-state index < -0.39 is 0 Å². The van der Waals surface area contributed by atoms with Crippen molar-refractivity contribution in [1.82, 2.24) is 0 Å². The van der Waals surface area contributed by atoms with E-state index in [1.165, 1.54) is 22.3 Å². The van der Waals surface area contributed by atoms with E-state index in [1.54, 1.807) is 0 Å². The van der Waals surface area contributed by atoms with Crippen molar-refractivity contribution < 1.29 is 71.5 Å². The summed E-state index contributed by atoms with van der Waals surface area (Å²) in [5, 5.41) is 142. The second-order valence-electron chi connectivity index (χ2n) is 41.6. The summed E-state index contributed by atoms with van der Waals surface area (Å²) >= 11 is 0. The summed E-state index contributed by atoms with van der Waals surface area (Å²) in [7, 11) is 0. The molecule has 14 heteroatoms. The van der Waals surface area contributed by atoms with Gasteiger partial charge in [-0.25, -0.2) is 0 Å². The second kappa shape index (κ2) is 47.0. The molecule has 0 aliphatic carbocycles. The summed E-state index contributed by atoms with van der Waals surface area (Å²) < 4.78 is 0. The zero-order valence-corrected chi connectivity index (χ0v) is 89.0. The fraction of sp³-hybridized carbons (Fsp3) is 0.371. The van der Waals surface area contributed by atoms with Gasteiger partial charge in [0.15, 0.2) is 0 Å². The van der Waals surface area contributed by atoms with Crippen LogP contribution in [0.5, 0.6) is 74.7 Å². The van der Waals surface area contributed by atoms with Crippen LogP contribution in [-0.2, 0) is 30.3 Å². The number of aromatic hydroxyl groups is 13. The maximum Gasteiger partial charge on any atom is 0.123 e. The summed E-state index contributed by atoms with van der Waals surface area (Å²) in [6.07, 6.45) is 2.18. The molecule has 14 N–H and O–H groups in total. The molecule has 0 saturated heterocycles. The SMILES string of the molecule is CC(C)(C)c1cc(CO)cc(C(C)(C)C)c1O.CCC(c1cc(C)cc(C)c1O)c1cc(C)cc(C)c1O.Cc1cc(C(C)c2cc(C)c(O)c(C)c2)cc(C)c1O.Cc1cc(C)c(O)c(C(C)c2cc(C)cc(C)c2O)c1.Cc1cc(C)c(O)c(C(c2cc(C)cc(C)c2O)C(C)C)c1.Cc1cc(C)c(O)c(Cc2cc(C)cc(C)c2O)c1.Cc1cc(Cc2cc(C)c(O)c(C)c2)cc(C)c1O. The minimum absolute atomic E-state index is 0.00204. The molecule has 0 aromatic heterocycles. The normalized spacial score (nSPS) is 11.3. The summed E-state index contributed by atoms with van der Waals surface area (Å²) in [4.78, 5) is 0. The highest BCUT2D eigenvalue weighted by molar-refractivity contribution is 5.60. The van der Waals surface area contributed by atoms with Crippen molar-refractivity contribution in [3.05, 3.63) is 375 Å². The third-order valence-corrected chi connectivity index (χ3v) is 26.2. The van der Waals surface area contributed by atoms with E-state index in [-0.39, 0.29) is 47.0 Å². The van der Waals surface area contributed by atoms with Gasteiger partial charge in [0.05, 0.1) is 6.61 Å². The highest BCUT2D eigenvalue weighted by Gasteiger charge is 2.30. The zero-order valence-electron chi connectivity index (χ0n) is 89.0. The predicted molar refractivity (Wildman–Crippen MR) is 572 cm³/mol. The maximum absolute atomic E-state index is 10.6. The average Bonchev–Trinajstić information content (AvgIpc) is 0.794. The molecule has 13 aromatic carbocycles. The Bertz CT molecular complexity index is 6070. The van der Waals surface area contributed by atoms with E-state index in [1.807, 2.05) is 331 Å². The second-order valence-corrected chi connectivity index (χ2v) is 41.6. The van der Waals surface area contributed by atoms with Crippen LogP contribution < -0.4 is 0 Å². The molecule has 0 bridgehead atoms. The molecule has 0 heterocycles. The molecule has 0 atom stereocenters. The van der Waals surface area contributed by atoms with Gasteiger partial charge in [0.2, 0.25) is 0 Å². The number of phenolic OH excluding ortho intramolecular Hbond substituents is 13. The third-order valence-electron chi connectivity index (χ3n) is 26.2. The van der Waals surface area contributed by atoms with E-state index in [2.05, 4.69) is 69.2 Å². The van der Waals surface area contributed by atoms with Crippen LogP contribution in [0.15, 0.2) is 158 Å². The van der Waals surface area contributed by atoms with Crippen molar-refractivity contribution in [2.75, 3.05) is 0 Å². The molecule has 13 aromatic rings. The Hall–Kier alpha value is -12.8. The monoisotopic (exact) mass is 1870 g/mol. The van der Waals surface area contributed by atoms with Crippen LogP contribution in [0.3, 0.4) is 0 Å². The number of aryl methyl sites for hydroxylation is 24. The smallest absolute Gasteiger partial charge is 0.123 e. The fourth-order valence-electron chi connectivity index (χ4n) is 19.0. The Morgan fingerprint density at radius 3 is 0.681 bits per heavy atom. The Labute approximate surface area is 824 Å². The molecular weight excluding hydrogens is 1710 g/mol. The lowest BCUT2D eigenvalue weighted by molar-refractivity contribution is 0.280. The van der Waals surface area contributed by atoms with Crippen LogP contribution >= 0.6 is 0 Å². The van der Waals surface area contributed by atoms with Crippen molar-refractivity contribution in [2.45, 2.75) is 303 Å². The minimum Gasteiger partial charge on any atom is -0.507 e. The molecule has 0 saturated carbocycles. The lowest BCUT2D eigenvalue weighted by Gasteiger charge is -2.28. The molecule has 0 aliphatic rings. The van der Waals surface area contributed by atoms with E-state index in [0.717, 1.165) is 208 Å². The van der Waals surface area contributed by atoms with Crippen LogP contribution in [0, 0.1) is 172 Å². The first-order valence-electron chi connectivity index (χ1n) is 48.1. The maximum atomic E-state index is 10.6. The van der Waals surface area contributed by atoms with Crippen molar-refractivity contribution >= 4 is 0 Å². The van der Waals surface area contributed by atoms with Gasteiger partial charge in [0, 0.05) is 63.5 Å². The molecule has 0 unspecified atom stereocenters. The summed E-state index contributed by atoms with van der Waals surface area (Å²) in [5.41, 5.74) is 37.4. The Morgan fingerprint density at radius 2 is 0.435 bits per heavy atom. The molecule has 0 amide bonds. The van der Waals surface area contributed by atoms with Gasteiger partial charge >= 0.3 is 0 Å². The van der Waals surface area contributed by atoms with E-state index in [9.17, 15) is 71.5 Å². The van der Waals surface area contributed by atoms with E-state index >= 15 is 0 Å². The quantitative estimate of drug-likeness (QED) is 0.0455. The number of hydrogen-bond donors (Lipinski definition) is 14. The van der Waals surface area contributed by atoms with Gasteiger partial charge in [-0.05, 0) is 347 Å². The van der Waals surface area contributed by atoms with Crippen molar-refractivity contribution in [3.63, 3.8) is 0 Å². The average molecular weight is 1870 g/mol. The van der Waals surface area contributed by atoms with Gasteiger partial charge in [0.1, 0.15) is 74.7 Å². The van der Waals surface area contributed by atoms with E-state index in [4.69, 9.17) is 0 Å². The number of phenols is 13. The standard InChI is InChI=1S/C20H26O2.C19H24O2.2C18H22O2.2C17H20O2.C15H24O2/c1-11(2)18(16-9-12(3)7-14(5)19(16)21)17-10-13(4)8-15(6)20(17)22;1-6-15(16-9-11(2)7-13(4)18(16)20)17-10-12(3)8-14(5)19(17)21;1-10-6-15(7-11(2)17(10)19)14(5)16-8-12(3)18(20)13(4)9-16;1-10-6-12(3)17(19)15(8-10)14(5)16-9-11(2)7-13(4)18(16)20;1-10-5-14(6-11(2)16(10)18)9-15-7-12(3)17(19)13(4)8-15;1-10-5-12(3)16(18)14(7-10)9-15-8-11(2)6-13(4)17(15)19;1-14(2,3)11-7-10(9-16)8-12(13(11)17)15(4,5)6/h7-11,18,21-22H,1-6H3;7-10,15,20-21H,6H2,1-5H3;2*6-9,14,19-20H,1-5H3;2*5-8,18-19H,9H2,1-4H3;7-8,16-17H,9H2,1-6H3. The fourth-order valence-corrected chi connectivity index (χ4v) is 19.0. The first-order chi connectivity index (χ1) is 64.0. The number of benzene rings is 13. The molecule has 13 rings (SSSR count). The third kappa shape index (κ3) is 28.3. The Balaban J connectivity index is 0.000000219. The van der Waals surface area contributed by atoms with E-state index in [0.29, 0.717) is 81.2 Å². The van der Waals surface area contributed by atoms with Crippen molar-refractivity contribution in [3.8, 4) is 74.7 Å². The molecule has 0 fully saturated rings. The lowest BCUT2D eigenvalue weighted by atomic mass is 9.78. The van der Waals surface area contributed by atoms with Gasteiger partial charge in [-0.1, -0.05) is 266 Å². The molecule has 0 spiro atoms. The van der Waals surface area contributed by atoms with Crippen LogP contribution in [0.25, 0.3) is 0 Å². The number of hydrogen-bond acceptors (Lipinski definition) is 14. The molecular formula is C124H158O14. The van der Waals surface area contributed by atoms with Gasteiger partial charge < -0.3 is 71.5 Å². The van der Waals surface area contributed by atoms with Crippen LogP contribution in [0.2, 0.25) is 0 Å². The first kappa shape index (κ1) is 112. The number of aliphatic hydroxyl groups excluding tert-OH is 1. The molecule has 738 valence electrons. The van der Waals surface area contributed by atoms with Crippen molar-refractivity contribution in [1.29, 1.82) is 0 Å². The van der Waals surface area contributed by atoms with Crippen LogP contribution in [0.1, 0.15) is 323 Å².